The number of aromatic amines is 1. The number of benzene rings is 2. The second kappa shape index (κ2) is 15.5. The van der Waals surface area contributed by atoms with Gasteiger partial charge in [0.2, 0.25) is 17.7 Å². The van der Waals surface area contributed by atoms with E-state index in [1.807, 2.05) is 49.2 Å². The van der Waals surface area contributed by atoms with Gasteiger partial charge in [0.15, 0.2) is 0 Å². The van der Waals surface area contributed by atoms with Crippen LogP contribution < -0.4 is 10.6 Å². The van der Waals surface area contributed by atoms with E-state index in [2.05, 4.69) is 58.7 Å². The van der Waals surface area contributed by atoms with E-state index in [-0.39, 0.29) is 35.6 Å². The second-order valence-corrected chi connectivity index (χ2v) is 13.3. The van der Waals surface area contributed by atoms with E-state index < -0.39 is 6.04 Å². The first kappa shape index (κ1) is 33.4. The van der Waals surface area contributed by atoms with Crippen LogP contribution in [0, 0.1) is 17.8 Å². The molecule has 0 aliphatic carbocycles. The third kappa shape index (κ3) is 8.23. The summed E-state index contributed by atoms with van der Waals surface area (Å²) in [5.74, 6) is 0.898. The number of H-pyrrole nitrogens is 1. The molecule has 5 rings (SSSR count). The summed E-state index contributed by atoms with van der Waals surface area (Å²) < 4.78 is 5.70. The molecule has 1 aromatic heterocycles. The SMILES string of the molecule is CC(C)[C@H](C)C(=O)N1CCC[C@H]1c1ncc(-c2ccc(-c3ccc(NC(=O)[C@@H]4CCOCCCCC[C@H](C)C(=O)N4)cc3)cc2)[nH]1. The minimum absolute atomic E-state index is 0.00985. The largest absolute Gasteiger partial charge is 0.381 e. The van der Waals surface area contributed by atoms with Crippen molar-refractivity contribution in [3.05, 3.63) is 60.6 Å². The molecule has 2 aromatic carbocycles. The van der Waals surface area contributed by atoms with Crippen molar-refractivity contribution in [2.75, 3.05) is 25.1 Å². The molecular weight excluding hydrogens is 578 g/mol. The van der Waals surface area contributed by atoms with Crippen molar-refractivity contribution in [2.45, 2.75) is 84.7 Å². The summed E-state index contributed by atoms with van der Waals surface area (Å²) >= 11 is 0. The fourth-order valence-electron chi connectivity index (χ4n) is 6.18. The third-order valence-corrected chi connectivity index (χ3v) is 9.58. The highest BCUT2D eigenvalue weighted by atomic mass is 16.5. The van der Waals surface area contributed by atoms with Gasteiger partial charge < -0.3 is 25.3 Å². The zero-order valence-corrected chi connectivity index (χ0v) is 27.7. The van der Waals surface area contributed by atoms with Crippen molar-refractivity contribution in [2.24, 2.45) is 17.8 Å². The molecule has 0 unspecified atom stereocenters. The number of hydrogen-bond acceptors (Lipinski definition) is 5. The number of anilines is 1. The number of amides is 3. The first-order chi connectivity index (χ1) is 22.2. The Morgan fingerprint density at radius 2 is 1.59 bits per heavy atom. The molecule has 3 heterocycles. The van der Waals surface area contributed by atoms with Crippen molar-refractivity contribution in [3.63, 3.8) is 0 Å². The Morgan fingerprint density at radius 3 is 2.30 bits per heavy atom. The van der Waals surface area contributed by atoms with Crippen molar-refractivity contribution < 1.29 is 19.1 Å². The maximum atomic E-state index is 13.1. The van der Waals surface area contributed by atoms with Gasteiger partial charge in [0, 0.05) is 37.3 Å². The summed E-state index contributed by atoms with van der Waals surface area (Å²) in [4.78, 5) is 49.1. The number of nitrogens with zero attached hydrogens (tertiary/aromatic N) is 2. The van der Waals surface area contributed by atoms with Crippen LogP contribution >= 0.6 is 0 Å². The first-order valence-electron chi connectivity index (χ1n) is 17.0. The molecule has 9 heteroatoms. The maximum Gasteiger partial charge on any atom is 0.247 e. The first-order valence-corrected chi connectivity index (χ1v) is 17.0. The monoisotopic (exact) mass is 627 g/mol. The molecule has 0 saturated carbocycles. The molecule has 9 nitrogen and oxygen atoms in total. The Balaban J connectivity index is 1.20. The number of hydrogen-bond donors (Lipinski definition) is 3. The van der Waals surface area contributed by atoms with Crippen LogP contribution in [-0.2, 0) is 19.1 Å². The molecule has 246 valence electrons. The zero-order chi connectivity index (χ0) is 32.6. The Labute approximate surface area is 272 Å². The van der Waals surface area contributed by atoms with Crippen molar-refractivity contribution in [1.82, 2.24) is 20.2 Å². The molecule has 3 amide bonds. The van der Waals surface area contributed by atoms with Crippen LogP contribution in [0.2, 0.25) is 0 Å². The minimum Gasteiger partial charge on any atom is -0.381 e. The predicted molar refractivity (Wildman–Crippen MR) is 181 cm³/mol. The van der Waals surface area contributed by atoms with Crippen LogP contribution in [0.4, 0.5) is 5.69 Å². The number of carbonyl (C=O) groups excluding carboxylic acids is 3. The average Bonchev–Trinajstić information content (AvgIpc) is 3.75. The molecule has 3 N–H and O–H groups in total. The lowest BCUT2D eigenvalue weighted by molar-refractivity contribution is -0.137. The molecule has 2 fully saturated rings. The predicted octanol–water partition coefficient (Wildman–Crippen LogP) is 6.74. The van der Waals surface area contributed by atoms with Crippen molar-refractivity contribution >= 4 is 23.4 Å². The van der Waals surface area contributed by atoms with Crippen LogP contribution in [0.15, 0.2) is 54.7 Å². The van der Waals surface area contributed by atoms with Gasteiger partial charge in [0.05, 0.1) is 17.9 Å². The maximum absolute atomic E-state index is 13.1. The number of ether oxygens (including phenoxy) is 1. The standard InChI is InChI=1S/C37H49N5O4/c1-24(2)26(4)37(45)42-20-8-10-33(42)34-38-23-32(40-34)29-13-11-27(12-14-29)28-15-17-30(18-16-28)39-36(44)31-19-22-46-21-7-5-6-9-25(3)35(43)41-31/h11-18,23-26,31,33H,5-10,19-22H2,1-4H3,(H,38,40)(H,39,44)(H,41,43)/t25-,26-,31-,33-/m0/s1. The van der Waals surface area contributed by atoms with Gasteiger partial charge in [0.1, 0.15) is 11.9 Å². The van der Waals surface area contributed by atoms with E-state index in [0.29, 0.717) is 31.2 Å². The number of carbonyl (C=O) groups is 3. The molecule has 2 saturated heterocycles. The lowest BCUT2D eigenvalue weighted by atomic mass is 9.96. The minimum atomic E-state index is -0.648. The summed E-state index contributed by atoms with van der Waals surface area (Å²) in [6, 6.07) is 15.3. The Kier molecular flexibility index (Phi) is 11.3. The van der Waals surface area contributed by atoms with Crippen LogP contribution in [-0.4, -0.2) is 58.4 Å². The van der Waals surface area contributed by atoms with E-state index in [1.54, 1.807) is 0 Å². The molecule has 4 atom stereocenters. The molecular formula is C37H49N5O4. The summed E-state index contributed by atoms with van der Waals surface area (Å²) in [6.07, 6.45) is 8.01. The zero-order valence-electron chi connectivity index (χ0n) is 27.7. The van der Waals surface area contributed by atoms with Gasteiger partial charge in [-0.25, -0.2) is 4.98 Å². The molecule has 3 aromatic rings. The average molecular weight is 628 g/mol. The van der Waals surface area contributed by atoms with Gasteiger partial charge in [-0.1, -0.05) is 76.9 Å². The number of rotatable bonds is 7. The fourth-order valence-corrected chi connectivity index (χ4v) is 6.18. The van der Waals surface area contributed by atoms with Gasteiger partial charge in [0.25, 0.3) is 0 Å². The van der Waals surface area contributed by atoms with Crippen LogP contribution in [0.5, 0.6) is 0 Å². The van der Waals surface area contributed by atoms with E-state index in [4.69, 9.17) is 4.74 Å². The van der Waals surface area contributed by atoms with Crippen molar-refractivity contribution in [3.8, 4) is 22.4 Å². The van der Waals surface area contributed by atoms with Gasteiger partial charge in [-0.15, -0.1) is 0 Å². The number of imidazole rings is 1. The van der Waals surface area contributed by atoms with Gasteiger partial charge in [-0.05, 0) is 66.8 Å². The number of nitrogens with one attached hydrogen (secondary N) is 3. The quantitative estimate of drug-likeness (QED) is 0.268. The molecule has 0 spiro atoms. The van der Waals surface area contributed by atoms with E-state index in [1.165, 1.54) is 0 Å². The molecule has 0 bridgehead atoms. The number of likely N-dealkylation sites (tertiary alicyclic amines) is 1. The molecule has 46 heavy (non-hydrogen) atoms. The highest BCUT2D eigenvalue weighted by Crippen LogP contribution is 2.34. The van der Waals surface area contributed by atoms with Crippen molar-refractivity contribution in [1.29, 1.82) is 0 Å². The smallest absolute Gasteiger partial charge is 0.247 e. The number of aromatic nitrogens is 2. The summed E-state index contributed by atoms with van der Waals surface area (Å²) in [5.41, 5.74) is 4.70. The van der Waals surface area contributed by atoms with Crippen LogP contribution in [0.1, 0.15) is 84.5 Å². The molecule has 0 radical (unpaired) electrons. The highest BCUT2D eigenvalue weighted by Gasteiger charge is 2.35. The van der Waals surface area contributed by atoms with Gasteiger partial charge in [-0.3, -0.25) is 14.4 Å². The Bertz CT molecular complexity index is 1470. The summed E-state index contributed by atoms with van der Waals surface area (Å²) in [7, 11) is 0. The molecule has 2 aliphatic heterocycles. The Hall–Kier alpha value is -3.98. The van der Waals surface area contributed by atoms with Gasteiger partial charge >= 0.3 is 0 Å². The van der Waals surface area contributed by atoms with E-state index in [9.17, 15) is 14.4 Å². The summed E-state index contributed by atoms with van der Waals surface area (Å²) in [6.45, 7) is 10.0. The second-order valence-electron chi connectivity index (χ2n) is 13.3. The lowest BCUT2D eigenvalue weighted by Crippen LogP contribution is -2.46. The van der Waals surface area contributed by atoms with Gasteiger partial charge in [-0.2, -0.15) is 0 Å². The normalized spacial score (nSPS) is 22.1. The Morgan fingerprint density at radius 1 is 0.891 bits per heavy atom. The fraction of sp³-hybridized carbons (Fsp3) is 0.514. The lowest BCUT2D eigenvalue weighted by Gasteiger charge is -2.27. The third-order valence-electron chi connectivity index (χ3n) is 9.58. The summed E-state index contributed by atoms with van der Waals surface area (Å²) in [5, 5.41) is 5.91. The van der Waals surface area contributed by atoms with Crippen LogP contribution in [0.25, 0.3) is 22.4 Å². The van der Waals surface area contributed by atoms with Crippen LogP contribution in [0.3, 0.4) is 0 Å². The molecule has 2 aliphatic rings. The highest BCUT2D eigenvalue weighted by molar-refractivity contribution is 5.97. The van der Waals surface area contributed by atoms with E-state index in [0.717, 1.165) is 73.3 Å². The van der Waals surface area contributed by atoms with E-state index >= 15 is 0 Å². The topological polar surface area (TPSA) is 116 Å².